The van der Waals surface area contributed by atoms with Crippen molar-refractivity contribution in [1.29, 1.82) is 0 Å². The number of hydrogen-bond donors (Lipinski definition) is 2. The van der Waals surface area contributed by atoms with Gasteiger partial charge in [-0.05, 0) is 11.0 Å². The first-order chi connectivity index (χ1) is 9.00. The maximum Gasteiger partial charge on any atom is 0.488 e. The molecule has 6 nitrogen and oxygen atoms in total. The van der Waals surface area contributed by atoms with Crippen LogP contribution in [0.4, 0.5) is 0 Å². The Kier molecular flexibility index (Phi) is 3.68. The summed E-state index contributed by atoms with van der Waals surface area (Å²) in [6.45, 7) is 0.000139. The molecule has 0 fully saturated rings. The fourth-order valence-electron chi connectivity index (χ4n) is 1.86. The predicted octanol–water partition coefficient (Wildman–Crippen LogP) is -1.72. The molecular formula is C12H13BN2O4. The first-order valence-corrected chi connectivity index (χ1v) is 5.71. The number of nitrogens with zero attached hydrogens (tertiary/aromatic N) is 2. The van der Waals surface area contributed by atoms with Crippen LogP contribution in [-0.4, -0.2) is 26.3 Å². The van der Waals surface area contributed by atoms with Crippen LogP contribution in [0.3, 0.4) is 0 Å². The van der Waals surface area contributed by atoms with E-state index in [0.717, 1.165) is 4.57 Å². The van der Waals surface area contributed by atoms with E-state index in [-0.39, 0.29) is 12.0 Å². The molecule has 1 aromatic carbocycles. The zero-order valence-corrected chi connectivity index (χ0v) is 10.4. The zero-order chi connectivity index (χ0) is 14.0. The molecule has 0 spiro atoms. The summed E-state index contributed by atoms with van der Waals surface area (Å²) in [4.78, 5) is 23.6. The summed E-state index contributed by atoms with van der Waals surface area (Å²) in [5, 5.41) is 18.5. The minimum Gasteiger partial charge on any atom is -0.423 e. The number of benzene rings is 1. The van der Waals surface area contributed by atoms with Crippen molar-refractivity contribution < 1.29 is 10.0 Å². The molecule has 2 rings (SSSR count). The summed E-state index contributed by atoms with van der Waals surface area (Å²) < 4.78 is 2.33. The van der Waals surface area contributed by atoms with Crippen LogP contribution in [-0.2, 0) is 13.6 Å². The van der Waals surface area contributed by atoms with Gasteiger partial charge in [0.05, 0.1) is 6.54 Å². The van der Waals surface area contributed by atoms with Crippen molar-refractivity contribution in [3.63, 3.8) is 0 Å². The van der Waals surface area contributed by atoms with Crippen molar-refractivity contribution in [2.45, 2.75) is 6.54 Å². The molecule has 0 aliphatic heterocycles. The smallest absolute Gasteiger partial charge is 0.423 e. The summed E-state index contributed by atoms with van der Waals surface area (Å²) in [7, 11) is -0.0927. The highest BCUT2D eigenvalue weighted by Crippen LogP contribution is 1.98. The summed E-state index contributed by atoms with van der Waals surface area (Å²) in [5.41, 5.74) is -0.0803. The molecule has 2 aromatic rings. The molecule has 0 atom stereocenters. The zero-order valence-electron chi connectivity index (χ0n) is 10.4. The van der Waals surface area contributed by atoms with Crippen LogP contribution in [0.1, 0.15) is 5.56 Å². The normalized spacial score (nSPS) is 10.5. The van der Waals surface area contributed by atoms with Crippen molar-refractivity contribution in [2.24, 2.45) is 7.05 Å². The van der Waals surface area contributed by atoms with Gasteiger partial charge in [-0.2, -0.15) is 0 Å². The number of aromatic nitrogens is 2. The SMILES string of the molecule is Cn1ccc(=O)n(Cc2ccccc2B(O)O)c1=O. The first kappa shape index (κ1) is 13.3. The van der Waals surface area contributed by atoms with Gasteiger partial charge < -0.3 is 14.6 Å². The molecule has 0 bridgehead atoms. The second kappa shape index (κ2) is 5.25. The van der Waals surface area contributed by atoms with Crippen molar-refractivity contribution in [1.82, 2.24) is 9.13 Å². The molecule has 19 heavy (non-hydrogen) atoms. The van der Waals surface area contributed by atoms with E-state index >= 15 is 0 Å². The van der Waals surface area contributed by atoms with Crippen molar-refractivity contribution in [3.05, 3.63) is 62.9 Å². The van der Waals surface area contributed by atoms with Crippen LogP contribution in [0, 0.1) is 0 Å². The fourth-order valence-corrected chi connectivity index (χ4v) is 1.86. The lowest BCUT2D eigenvalue weighted by Gasteiger charge is -2.10. The second-order valence-corrected chi connectivity index (χ2v) is 4.21. The standard InChI is InChI=1S/C12H13BN2O4/c1-14-7-6-11(16)15(12(14)17)8-9-4-2-3-5-10(9)13(18)19/h2-7,18-19H,8H2,1H3. The molecule has 0 saturated carbocycles. The second-order valence-electron chi connectivity index (χ2n) is 4.21. The monoisotopic (exact) mass is 260 g/mol. The molecule has 0 amide bonds. The van der Waals surface area contributed by atoms with Gasteiger partial charge in [0.25, 0.3) is 5.56 Å². The van der Waals surface area contributed by atoms with Gasteiger partial charge in [-0.25, -0.2) is 4.79 Å². The Morgan fingerprint density at radius 3 is 2.53 bits per heavy atom. The van der Waals surface area contributed by atoms with Gasteiger partial charge in [0, 0.05) is 19.3 Å². The minimum absolute atomic E-state index is 0.000139. The molecule has 1 aromatic heterocycles. The number of rotatable bonds is 3. The van der Waals surface area contributed by atoms with E-state index in [1.54, 1.807) is 31.3 Å². The van der Waals surface area contributed by atoms with Gasteiger partial charge in [0.15, 0.2) is 0 Å². The average Bonchev–Trinajstić information content (AvgIpc) is 2.39. The summed E-state index contributed by atoms with van der Waals surface area (Å²) >= 11 is 0. The third kappa shape index (κ3) is 2.67. The Hall–Kier alpha value is -2.12. The third-order valence-corrected chi connectivity index (χ3v) is 2.90. The van der Waals surface area contributed by atoms with Gasteiger partial charge in [-0.15, -0.1) is 0 Å². The van der Waals surface area contributed by atoms with Gasteiger partial charge in [0.2, 0.25) is 0 Å². The summed E-state index contributed by atoms with van der Waals surface area (Å²) in [6, 6.07) is 7.84. The average molecular weight is 260 g/mol. The summed E-state index contributed by atoms with van der Waals surface area (Å²) in [6.07, 6.45) is 1.40. The molecule has 98 valence electrons. The Balaban J connectivity index is 2.51. The van der Waals surface area contributed by atoms with E-state index in [4.69, 9.17) is 0 Å². The Morgan fingerprint density at radius 1 is 1.16 bits per heavy atom. The summed E-state index contributed by atoms with van der Waals surface area (Å²) in [5.74, 6) is 0. The minimum atomic E-state index is -1.64. The lowest BCUT2D eigenvalue weighted by molar-refractivity contribution is 0.425. The predicted molar refractivity (Wildman–Crippen MR) is 71.3 cm³/mol. The van der Waals surface area contributed by atoms with E-state index in [0.29, 0.717) is 5.56 Å². The van der Waals surface area contributed by atoms with Crippen molar-refractivity contribution >= 4 is 12.6 Å². The van der Waals surface area contributed by atoms with Crippen molar-refractivity contribution in [3.8, 4) is 0 Å². The maximum absolute atomic E-state index is 11.9. The Labute approximate surface area is 109 Å². The molecule has 0 saturated heterocycles. The molecule has 0 unspecified atom stereocenters. The van der Waals surface area contributed by atoms with E-state index in [1.807, 2.05) is 0 Å². The van der Waals surface area contributed by atoms with Crippen molar-refractivity contribution in [2.75, 3.05) is 0 Å². The fraction of sp³-hybridized carbons (Fsp3) is 0.167. The molecule has 0 aliphatic rings. The molecular weight excluding hydrogens is 247 g/mol. The first-order valence-electron chi connectivity index (χ1n) is 5.71. The highest BCUT2D eigenvalue weighted by atomic mass is 16.4. The van der Waals surface area contributed by atoms with Crippen LogP contribution < -0.4 is 16.7 Å². The molecule has 7 heteroatoms. The van der Waals surface area contributed by atoms with Crippen LogP contribution in [0.15, 0.2) is 46.1 Å². The topological polar surface area (TPSA) is 84.5 Å². The van der Waals surface area contributed by atoms with Crippen LogP contribution in [0.2, 0.25) is 0 Å². The van der Waals surface area contributed by atoms with Crippen LogP contribution >= 0.6 is 0 Å². The highest BCUT2D eigenvalue weighted by Gasteiger charge is 2.16. The Morgan fingerprint density at radius 2 is 1.84 bits per heavy atom. The van der Waals surface area contributed by atoms with Gasteiger partial charge in [0.1, 0.15) is 0 Å². The quantitative estimate of drug-likeness (QED) is 0.642. The molecule has 2 N–H and O–H groups in total. The lowest BCUT2D eigenvalue weighted by Crippen LogP contribution is -2.41. The van der Waals surface area contributed by atoms with Crippen LogP contribution in [0.5, 0.6) is 0 Å². The van der Waals surface area contributed by atoms with Gasteiger partial charge in [-0.3, -0.25) is 9.36 Å². The van der Waals surface area contributed by atoms with E-state index in [1.165, 1.54) is 16.8 Å². The number of aryl methyl sites for hydroxylation is 1. The van der Waals surface area contributed by atoms with E-state index < -0.39 is 18.4 Å². The molecule has 1 heterocycles. The van der Waals surface area contributed by atoms with Gasteiger partial charge >= 0.3 is 12.8 Å². The lowest BCUT2D eigenvalue weighted by atomic mass is 9.77. The largest absolute Gasteiger partial charge is 0.488 e. The van der Waals surface area contributed by atoms with Gasteiger partial charge in [-0.1, -0.05) is 24.3 Å². The van der Waals surface area contributed by atoms with E-state index in [9.17, 15) is 19.6 Å². The van der Waals surface area contributed by atoms with E-state index in [2.05, 4.69) is 0 Å². The molecule has 0 aliphatic carbocycles. The maximum atomic E-state index is 11.9. The van der Waals surface area contributed by atoms with Crippen LogP contribution in [0.25, 0.3) is 0 Å². The Bertz CT molecular complexity index is 705. The molecule has 0 radical (unpaired) electrons. The highest BCUT2D eigenvalue weighted by molar-refractivity contribution is 6.59. The number of hydrogen-bond acceptors (Lipinski definition) is 4. The third-order valence-electron chi connectivity index (χ3n) is 2.90.